The Kier molecular flexibility index (Phi) is 5.03. The summed E-state index contributed by atoms with van der Waals surface area (Å²) in [5, 5.41) is 18.6. The van der Waals surface area contributed by atoms with Crippen LogP contribution in [-0.4, -0.2) is 47.3 Å². The number of nitrogens with zero attached hydrogens (tertiary/aromatic N) is 5. The molecule has 4 aromatic heterocycles. The number of carbonyl (C=O) groups excluding carboxylic acids is 1. The fourth-order valence-corrected chi connectivity index (χ4v) is 6.66. The molecule has 35 heavy (non-hydrogen) atoms. The Bertz CT molecular complexity index is 1440. The second kappa shape index (κ2) is 8.01. The molecule has 0 unspecified atom stereocenters. The number of aryl methyl sites for hydroxylation is 2. The average molecular weight is 491 g/mol. The third kappa shape index (κ3) is 3.81. The largest absolute Gasteiger partial charge is 0.481 e. The summed E-state index contributed by atoms with van der Waals surface area (Å²) in [5.74, 6) is -0.443. The molecule has 4 aromatic rings. The van der Waals surface area contributed by atoms with Crippen LogP contribution in [0.5, 0.6) is 0 Å². The maximum Gasteiger partial charge on any atom is 0.306 e. The van der Waals surface area contributed by atoms with Gasteiger partial charge in [0.25, 0.3) is 11.9 Å². The summed E-state index contributed by atoms with van der Waals surface area (Å²) in [6.07, 6.45) is 8.81. The SMILES string of the molecule is Cc1cc(C)n(-c2ncc(Cn3ccc4scc(C(=O)NC5CC6(C5)CC(C(=O)O)C6)c43)cn2)n1. The summed E-state index contributed by atoms with van der Waals surface area (Å²) >= 11 is 1.56. The molecular weight excluding hydrogens is 464 g/mol. The number of carboxylic acid groups (broad SMARTS) is 1. The van der Waals surface area contributed by atoms with Crippen molar-refractivity contribution in [3.8, 4) is 5.95 Å². The number of hydrogen-bond acceptors (Lipinski definition) is 6. The lowest BCUT2D eigenvalue weighted by Crippen LogP contribution is -2.57. The lowest BCUT2D eigenvalue weighted by atomic mass is 9.50. The van der Waals surface area contributed by atoms with E-state index >= 15 is 0 Å². The third-order valence-electron chi connectivity index (χ3n) is 7.38. The molecule has 2 aliphatic rings. The van der Waals surface area contributed by atoms with Crippen LogP contribution < -0.4 is 5.32 Å². The number of aromatic nitrogens is 5. The number of rotatable bonds is 6. The molecule has 4 heterocycles. The normalized spacial score (nSPS) is 23.3. The van der Waals surface area contributed by atoms with E-state index in [0.717, 1.165) is 52.9 Å². The van der Waals surface area contributed by atoms with Gasteiger partial charge in [-0.05, 0) is 57.1 Å². The summed E-state index contributed by atoms with van der Waals surface area (Å²) in [5.41, 5.74) is 4.55. The van der Waals surface area contributed by atoms with Crippen LogP contribution in [0.2, 0.25) is 0 Å². The van der Waals surface area contributed by atoms with Crippen LogP contribution in [0.15, 0.2) is 36.1 Å². The smallest absolute Gasteiger partial charge is 0.306 e. The van der Waals surface area contributed by atoms with Gasteiger partial charge in [-0.15, -0.1) is 11.3 Å². The molecule has 0 radical (unpaired) electrons. The number of carbonyl (C=O) groups is 2. The Morgan fingerprint density at radius 1 is 1.20 bits per heavy atom. The minimum absolute atomic E-state index is 0.0683. The van der Waals surface area contributed by atoms with Crippen molar-refractivity contribution in [2.45, 2.75) is 52.1 Å². The van der Waals surface area contributed by atoms with Gasteiger partial charge in [-0.1, -0.05) is 0 Å². The van der Waals surface area contributed by atoms with Crippen molar-refractivity contribution in [2.24, 2.45) is 11.3 Å². The molecule has 9 nitrogen and oxygen atoms in total. The van der Waals surface area contributed by atoms with E-state index in [1.165, 1.54) is 0 Å². The highest BCUT2D eigenvalue weighted by molar-refractivity contribution is 7.17. The minimum atomic E-state index is -0.698. The van der Waals surface area contributed by atoms with Gasteiger partial charge >= 0.3 is 5.97 Å². The summed E-state index contributed by atoms with van der Waals surface area (Å²) in [6.45, 7) is 4.47. The predicted molar refractivity (Wildman–Crippen MR) is 131 cm³/mol. The zero-order valence-corrected chi connectivity index (χ0v) is 20.4. The van der Waals surface area contributed by atoms with E-state index in [-0.39, 0.29) is 23.3 Å². The fourth-order valence-electron chi connectivity index (χ4n) is 5.72. The van der Waals surface area contributed by atoms with Crippen LogP contribution in [-0.2, 0) is 11.3 Å². The molecule has 10 heteroatoms. The van der Waals surface area contributed by atoms with Gasteiger partial charge in [-0.25, -0.2) is 14.6 Å². The van der Waals surface area contributed by atoms with Crippen molar-refractivity contribution in [1.29, 1.82) is 0 Å². The topological polar surface area (TPSA) is 115 Å². The van der Waals surface area contributed by atoms with Gasteiger partial charge in [-0.3, -0.25) is 9.59 Å². The van der Waals surface area contributed by atoms with Crippen molar-refractivity contribution in [2.75, 3.05) is 0 Å². The minimum Gasteiger partial charge on any atom is -0.481 e. The lowest BCUT2D eigenvalue weighted by molar-refractivity contribution is -0.155. The Morgan fingerprint density at radius 2 is 1.94 bits per heavy atom. The quantitative estimate of drug-likeness (QED) is 0.426. The van der Waals surface area contributed by atoms with E-state index in [9.17, 15) is 9.59 Å². The molecule has 2 aliphatic carbocycles. The van der Waals surface area contributed by atoms with Crippen LogP contribution in [0.25, 0.3) is 16.2 Å². The standard InChI is InChI=1S/C25H26N6O3S/c1-14-5-15(2)31(29-14)24-26-10-16(11-27-24)12-30-4-3-20-21(30)19(13-35-20)22(32)28-18-8-25(9-18)6-17(7-25)23(33)34/h3-5,10-11,13,17-18H,6-9,12H2,1-2H3,(H,28,32)(H,33,34). The number of aliphatic carboxylic acids is 1. The molecule has 180 valence electrons. The summed E-state index contributed by atoms with van der Waals surface area (Å²) in [4.78, 5) is 33.2. The van der Waals surface area contributed by atoms with Crippen LogP contribution >= 0.6 is 11.3 Å². The predicted octanol–water partition coefficient (Wildman–Crippen LogP) is 3.72. The van der Waals surface area contributed by atoms with Gasteiger partial charge in [0.05, 0.1) is 33.9 Å². The molecule has 0 saturated heterocycles. The van der Waals surface area contributed by atoms with Crippen molar-refractivity contribution >= 4 is 33.4 Å². The van der Waals surface area contributed by atoms with Gasteiger partial charge in [0.15, 0.2) is 0 Å². The molecule has 0 atom stereocenters. The van der Waals surface area contributed by atoms with Crippen LogP contribution in [0.1, 0.15) is 53.0 Å². The summed E-state index contributed by atoms with van der Waals surface area (Å²) in [6, 6.07) is 4.13. The molecule has 2 saturated carbocycles. The number of hydrogen-bond donors (Lipinski definition) is 2. The third-order valence-corrected chi connectivity index (χ3v) is 8.31. The molecule has 2 N–H and O–H groups in total. The number of amides is 1. The van der Waals surface area contributed by atoms with Gasteiger partial charge in [0, 0.05) is 41.3 Å². The Hall–Kier alpha value is -3.53. The molecule has 0 bridgehead atoms. The molecular formula is C25H26N6O3S. The number of fused-ring (bicyclic) bond motifs is 1. The van der Waals surface area contributed by atoms with Crippen molar-refractivity contribution in [1.82, 2.24) is 29.6 Å². The van der Waals surface area contributed by atoms with Gasteiger partial charge < -0.3 is 15.0 Å². The molecule has 0 aromatic carbocycles. The molecule has 1 spiro atoms. The zero-order chi connectivity index (χ0) is 24.3. The van der Waals surface area contributed by atoms with Gasteiger partial charge in [0.1, 0.15) is 0 Å². The first-order valence-electron chi connectivity index (χ1n) is 11.7. The van der Waals surface area contributed by atoms with E-state index in [2.05, 4.69) is 25.0 Å². The first-order valence-corrected chi connectivity index (χ1v) is 12.6. The Morgan fingerprint density at radius 3 is 2.60 bits per heavy atom. The number of nitrogens with one attached hydrogen (secondary N) is 1. The molecule has 1 amide bonds. The summed E-state index contributed by atoms with van der Waals surface area (Å²) in [7, 11) is 0. The molecule has 6 rings (SSSR count). The van der Waals surface area contributed by atoms with Gasteiger partial charge in [-0.2, -0.15) is 5.10 Å². The maximum atomic E-state index is 13.1. The number of thiophene rings is 1. The van der Waals surface area contributed by atoms with E-state index in [1.54, 1.807) is 28.4 Å². The van der Waals surface area contributed by atoms with Crippen LogP contribution in [0.4, 0.5) is 0 Å². The maximum absolute atomic E-state index is 13.1. The van der Waals surface area contributed by atoms with Crippen LogP contribution in [0, 0.1) is 25.2 Å². The highest BCUT2D eigenvalue weighted by atomic mass is 32.1. The fraction of sp³-hybridized carbons (Fsp3) is 0.400. The van der Waals surface area contributed by atoms with E-state index < -0.39 is 5.97 Å². The summed E-state index contributed by atoms with van der Waals surface area (Å²) < 4.78 is 4.85. The Balaban J connectivity index is 1.14. The highest BCUT2D eigenvalue weighted by Gasteiger charge is 2.55. The first-order chi connectivity index (χ1) is 16.8. The van der Waals surface area contributed by atoms with E-state index in [4.69, 9.17) is 5.11 Å². The lowest BCUT2D eigenvalue weighted by Gasteiger charge is -2.56. The first kappa shape index (κ1) is 22.0. The Labute approximate surface area is 205 Å². The molecule has 0 aliphatic heterocycles. The molecule has 2 fully saturated rings. The number of carboxylic acids is 1. The van der Waals surface area contributed by atoms with E-state index in [0.29, 0.717) is 18.1 Å². The average Bonchev–Trinajstić information content (AvgIpc) is 3.45. The van der Waals surface area contributed by atoms with Crippen molar-refractivity contribution < 1.29 is 14.7 Å². The monoisotopic (exact) mass is 490 g/mol. The van der Waals surface area contributed by atoms with E-state index in [1.807, 2.05) is 37.6 Å². The van der Waals surface area contributed by atoms with Crippen molar-refractivity contribution in [3.63, 3.8) is 0 Å². The zero-order valence-electron chi connectivity index (χ0n) is 19.6. The second-order valence-corrected chi connectivity index (χ2v) is 11.0. The van der Waals surface area contributed by atoms with Gasteiger partial charge in [0.2, 0.25) is 0 Å². The van der Waals surface area contributed by atoms with Crippen molar-refractivity contribution in [3.05, 3.63) is 58.6 Å². The van der Waals surface area contributed by atoms with Crippen LogP contribution in [0.3, 0.4) is 0 Å². The second-order valence-electron chi connectivity index (χ2n) is 10.1. The highest BCUT2D eigenvalue weighted by Crippen LogP contribution is 2.58.